The highest BCUT2D eigenvalue weighted by atomic mass is 35.5. The van der Waals surface area contributed by atoms with Gasteiger partial charge in [0.15, 0.2) is 0 Å². The lowest BCUT2D eigenvalue weighted by Gasteiger charge is -2.10. The van der Waals surface area contributed by atoms with E-state index in [0.717, 1.165) is 22.6 Å². The van der Waals surface area contributed by atoms with Crippen molar-refractivity contribution in [3.8, 4) is 17.5 Å². The van der Waals surface area contributed by atoms with Crippen molar-refractivity contribution >= 4 is 29.3 Å². The van der Waals surface area contributed by atoms with Crippen molar-refractivity contribution in [2.75, 3.05) is 11.9 Å². The van der Waals surface area contributed by atoms with Gasteiger partial charge in [-0.05, 0) is 74.9 Å². The number of nitrogens with one attached hydrogen (secondary N) is 1. The van der Waals surface area contributed by atoms with Crippen molar-refractivity contribution < 1.29 is 9.53 Å². The molecule has 5 nitrogen and oxygen atoms in total. The number of hydrogen-bond acceptors (Lipinski definition) is 3. The van der Waals surface area contributed by atoms with Crippen LogP contribution < -0.4 is 10.1 Å². The average Bonchev–Trinajstić information content (AvgIpc) is 3.00. The van der Waals surface area contributed by atoms with Gasteiger partial charge < -0.3 is 14.6 Å². The summed E-state index contributed by atoms with van der Waals surface area (Å²) in [6.07, 6.45) is 1.61. The van der Waals surface area contributed by atoms with Gasteiger partial charge in [0.2, 0.25) is 0 Å². The Kier molecular flexibility index (Phi) is 6.61. The molecule has 0 aliphatic heterocycles. The van der Waals surface area contributed by atoms with E-state index < -0.39 is 5.91 Å². The first-order chi connectivity index (χ1) is 14.4. The molecule has 3 aromatic rings. The molecular formula is C24H22ClN3O2. The van der Waals surface area contributed by atoms with E-state index in [-0.39, 0.29) is 5.57 Å². The zero-order valence-electron chi connectivity index (χ0n) is 17.1. The SMILES string of the molecule is CCOc1cccc(NC(=O)/C(C#N)=C/c2cc(C)n(-c3ccc(Cl)cc3)c2C)c1. The maximum Gasteiger partial charge on any atom is 0.266 e. The second kappa shape index (κ2) is 9.34. The lowest BCUT2D eigenvalue weighted by Crippen LogP contribution is -2.13. The first-order valence-electron chi connectivity index (χ1n) is 9.53. The minimum absolute atomic E-state index is 0.0215. The van der Waals surface area contributed by atoms with Crippen LogP contribution in [-0.4, -0.2) is 17.1 Å². The Morgan fingerprint density at radius 2 is 1.93 bits per heavy atom. The molecule has 1 N–H and O–H groups in total. The van der Waals surface area contributed by atoms with Crippen LogP contribution in [0.3, 0.4) is 0 Å². The predicted molar refractivity (Wildman–Crippen MR) is 120 cm³/mol. The highest BCUT2D eigenvalue weighted by molar-refractivity contribution is 6.30. The van der Waals surface area contributed by atoms with Crippen molar-refractivity contribution in [3.63, 3.8) is 0 Å². The molecule has 0 bridgehead atoms. The first-order valence-corrected chi connectivity index (χ1v) is 9.91. The van der Waals surface area contributed by atoms with Crippen LogP contribution in [0.15, 0.2) is 60.2 Å². The number of hydrogen-bond donors (Lipinski definition) is 1. The summed E-state index contributed by atoms with van der Waals surface area (Å²) in [7, 11) is 0. The maximum absolute atomic E-state index is 12.7. The number of anilines is 1. The molecule has 1 aromatic heterocycles. The number of nitriles is 1. The Bertz CT molecular complexity index is 1140. The Labute approximate surface area is 181 Å². The largest absolute Gasteiger partial charge is 0.494 e. The van der Waals surface area contributed by atoms with Crippen LogP contribution in [0, 0.1) is 25.2 Å². The summed E-state index contributed by atoms with van der Waals surface area (Å²) in [5.41, 5.74) is 4.27. The number of aryl methyl sites for hydroxylation is 1. The van der Waals surface area contributed by atoms with Gasteiger partial charge in [-0.15, -0.1) is 0 Å². The molecule has 0 spiro atoms. The highest BCUT2D eigenvalue weighted by Crippen LogP contribution is 2.24. The van der Waals surface area contributed by atoms with Gasteiger partial charge in [0.1, 0.15) is 17.4 Å². The third-order valence-electron chi connectivity index (χ3n) is 4.62. The topological polar surface area (TPSA) is 67.0 Å². The van der Waals surface area contributed by atoms with Gasteiger partial charge in [0.25, 0.3) is 5.91 Å². The maximum atomic E-state index is 12.7. The number of amides is 1. The zero-order chi connectivity index (χ0) is 21.7. The summed E-state index contributed by atoms with van der Waals surface area (Å²) in [4.78, 5) is 12.7. The van der Waals surface area contributed by atoms with Crippen LogP contribution >= 0.6 is 11.6 Å². The van der Waals surface area contributed by atoms with Crippen LogP contribution in [0.25, 0.3) is 11.8 Å². The first kappa shape index (κ1) is 21.2. The van der Waals surface area contributed by atoms with E-state index in [0.29, 0.717) is 23.1 Å². The van der Waals surface area contributed by atoms with E-state index in [1.807, 2.05) is 63.2 Å². The minimum atomic E-state index is -0.470. The van der Waals surface area contributed by atoms with Crippen molar-refractivity contribution in [1.82, 2.24) is 4.57 Å². The molecule has 152 valence electrons. The van der Waals surface area contributed by atoms with Crippen molar-refractivity contribution in [2.24, 2.45) is 0 Å². The molecule has 0 radical (unpaired) electrons. The molecule has 0 saturated heterocycles. The fourth-order valence-electron chi connectivity index (χ4n) is 3.25. The summed E-state index contributed by atoms with van der Waals surface area (Å²) in [6, 6.07) is 18.5. The van der Waals surface area contributed by atoms with Crippen LogP contribution in [-0.2, 0) is 4.79 Å². The summed E-state index contributed by atoms with van der Waals surface area (Å²) in [5.74, 6) is 0.187. The Balaban J connectivity index is 1.88. The van der Waals surface area contributed by atoms with Crippen LogP contribution in [0.2, 0.25) is 5.02 Å². The zero-order valence-corrected chi connectivity index (χ0v) is 17.8. The average molecular weight is 420 g/mol. The smallest absolute Gasteiger partial charge is 0.266 e. The number of rotatable bonds is 6. The lowest BCUT2D eigenvalue weighted by atomic mass is 10.1. The number of carbonyl (C=O) groups is 1. The fraction of sp³-hybridized carbons (Fsp3) is 0.167. The second-order valence-corrected chi connectivity index (χ2v) is 7.16. The molecule has 2 aromatic carbocycles. The monoisotopic (exact) mass is 419 g/mol. The molecule has 0 unspecified atom stereocenters. The molecule has 0 saturated carbocycles. The van der Waals surface area contributed by atoms with Crippen molar-refractivity contribution in [1.29, 1.82) is 5.26 Å². The third kappa shape index (κ3) is 4.73. The van der Waals surface area contributed by atoms with Gasteiger partial charge >= 0.3 is 0 Å². The van der Waals surface area contributed by atoms with E-state index in [2.05, 4.69) is 9.88 Å². The van der Waals surface area contributed by atoms with Gasteiger partial charge in [-0.3, -0.25) is 4.79 Å². The van der Waals surface area contributed by atoms with E-state index in [4.69, 9.17) is 16.3 Å². The normalized spacial score (nSPS) is 11.1. The molecule has 1 amide bonds. The molecule has 0 aliphatic carbocycles. The van der Waals surface area contributed by atoms with Gasteiger partial charge in [-0.2, -0.15) is 5.26 Å². The molecule has 1 heterocycles. The molecule has 0 fully saturated rings. The Morgan fingerprint density at radius 3 is 2.60 bits per heavy atom. The second-order valence-electron chi connectivity index (χ2n) is 6.72. The Hall–Kier alpha value is -3.49. The van der Waals surface area contributed by atoms with E-state index in [1.165, 1.54) is 0 Å². The predicted octanol–water partition coefficient (Wildman–Crippen LogP) is 5.69. The van der Waals surface area contributed by atoms with Crippen molar-refractivity contribution in [2.45, 2.75) is 20.8 Å². The fourth-order valence-corrected chi connectivity index (χ4v) is 3.38. The molecule has 0 aliphatic rings. The van der Waals surface area contributed by atoms with E-state index >= 15 is 0 Å². The number of halogens is 1. The number of nitrogens with zero attached hydrogens (tertiary/aromatic N) is 2. The highest BCUT2D eigenvalue weighted by Gasteiger charge is 2.14. The van der Waals surface area contributed by atoms with Crippen LogP contribution in [0.1, 0.15) is 23.9 Å². The molecule has 3 rings (SSSR count). The molecular weight excluding hydrogens is 398 g/mol. The summed E-state index contributed by atoms with van der Waals surface area (Å²) < 4.78 is 7.51. The van der Waals surface area contributed by atoms with Crippen LogP contribution in [0.4, 0.5) is 5.69 Å². The Morgan fingerprint density at radius 1 is 1.20 bits per heavy atom. The lowest BCUT2D eigenvalue weighted by molar-refractivity contribution is -0.112. The third-order valence-corrected chi connectivity index (χ3v) is 4.87. The summed E-state index contributed by atoms with van der Waals surface area (Å²) >= 11 is 5.99. The minimum Gasteiger partial charge on any atom is -0.494 e. The number of carbonyl (C=O) groups excluding carboxylic acids is 1. The van der Waals surface area contributed by atoms with Gasteiger partial charge in [0.05, 0.1) is 6.61 Å². The van der Waals surface area contributed by atoms with Crippen molar-refractivity contribution in [3.05, 3.63) is 82.1 Å². The number of ether oxygens (including phenoxy) is 1. The standard InChI is InChI=1S/C24H22ClN3O2/c1-4-30-23-7-5-6-21(14-23)27-24(29)19(15-26)13-18-12-16(2)28(17(18)3)22-10-8-20(25)9-11-22/h5-14H,4H2,1-3H3,(H,27,29)/b19-13+. The van der Waals surface area contributed by atoms with E-state index in [1.54, 1.807) is 24.3 Å². The number of benzene rings is 2. The van der Waals surface area contributed by atoms with Gasteiger partial charge in [0, 0.05) is 33.9 Å². The summed E-state index contributed by atoms with van der Waals surface area (Å²) in [5, 5.41) is 13.0. The molecule has 0 atom stereocenters. The molecule has 30 heavy (non-hydrogen) atoms. The van der Waals surface area contributed by atoms with E-state index in [9.17, 15) is 10.1 Å². The quantitative estimate of drug-likeness (QED) is 0.412. The van der Waals surface area contributed by atoms with Gasteiger partial charge in [-0.1, -0.05) is 17.7 Å². The van der Waals surface area contributed by atoms with Gasteiger partial charge in [-0.25, -0.2) is 0 Å². The molecule has 6 heteroatoms. The summed E-state index contributed by atoms with van der Waals surface area (Å²) in [6.45, 7) is 6.35. The van der Waals surface area contributed by atoms with Crippen LogP contribution in [0.5, 0.6) is 5.75 Å². The number of aromatic nitrogens is 1.